The van der Waals surface area contributed by atoms with Crippen LogP contribution in [0.5, 0.6) is 11.5 Å². The molecule has 1 aliphatic heterocycles. The summed E-state index contributed by atoms with van der Waals surface area (Å²) in [4.78, 5) is 13.5. The second kappa shape index (κ2) is 6.93. The molecule has 0 spiro atoms. The molecule has 1 aliphatic rings. The number of amides is 1. The number of ether oxygens (including phenoxy) is 2. The maximum Gasteiger partial charge on any atom is 0.414 e. The third kappa shape index (κ3) is 3.51. The number of benzene rings is 3. The summed E-state index contributed by atoms with van der Waals surface area (Å²) in [7, 11) is 1.72. The summed E-state index contributed by atoms with van der Waals surface area (Å²) in [5.41, 5.74) is 3.01. The second-order valence-corrected chi connectivity index (χ2v) is 7.23. The van der Waals surface area contributed by atoms with Crippen molar-refractivity contribution in [2.75, 3.05) is 17.3 Å². The number of carbonyl (C=O) groups excluding carboxylic acids is 1. The van der Waals surface area contributed by atoms with Crippen LogP contribution in [0, 0.1) is 0 Å². The van der Waals surface area contributed by atoms with Crippen LogP contribution in [0.15, 0.2) is 72.8 Å². The summed E-state index contributed by atoms with van der Waals surface area (Å²) >= 11 is 0. The Morgan fingerprint density at radius 3 is 2.25 bits per heavy atom. The van der Waals surface area contributed by atoms with Gasteiger partial charge in [0.1, 0.15) is 17.1 Å². The van der Waals surface area contributed by atoms with Gasteiger partial charge in [-0.3, -0.25) is 4.90 Å². The van der Waals surface area contributed by atoms with Gasteiger partial charge in [0.15, 0.2) is 0 Å². The van der Waals surface area contributed by atoms with Crippen molar-refractivity contribution in [1.29, 1.82) is 0 Å². The first-order valence-corrected chi connectivity index (χ1v) is 9.14. The number of fused-ring (bicyclic) bond motifs is 1. The fraction of sp³-hybridized carbons (Fsp3) is 0.174. The Bertz CT molecular complexity index is 998. The third-order valence-electron chi connectivity index (χ3n) is 4.74. The molecule has 5 heteroatoms. The van der Waals surface area contributed by atoms with E-state index in [2.05, 4.69) is 5.32 Å². The molecule has 3 aromatic rings. The molecule has 0 saturated carbocycles. The Balaban J connectivity index is 1.53. The van der Waals surface area contributed by atoms with Crippen LogP contribution in [0.25, 0.3) is 0 Å². The van der Waals surface area contributed by atoms with Crippen LogP contribution in [0.3, 0.4) is 0 Å². The van der Waals surface area contributed by atoms with Crippen molar-refractivity contribution in [3.05, 3.63) is 78.4 Å². The van der Waals surface area contributed by atoms with E-state index in [1.165, 1.54) is 4.90 Å². The SMILES string of the molecule is CN1C(=O)OC(C)(C)c2cc(Nc3ccc(Oc4ccccc4)cc3)ccc21. The maximum absolute atomic E-state index is 12.0. The average molecular weight is 374 g/mol. The van der Waals surface area contributed by atoms with Crippen LogP contribution in [0.1, 0.15) is 19.4 Å². The first kappa shape index (κ1) is 17.9. The highest BCUT2D eigenvalue weighted by atomic mass is 16.6. The number of hydrogen-bond acceptors (Lipinski definition) is 4. The number of para-hydroxylation sites is 1. The smallest absolute Gasteiger partial charge is 0.414 e. The zero-order chi connectivity index (χ0) is 19.7. The summed E-state index contributed by atoms with van der Waals surface area (Å²) in [6, 6.07) is 23.4. The quantitative estimate of drug-likeness (QED) is 0.604. The number of hydrogen-bond donors (Lipinski definition) is 1. The van der Waals surface area contributed by atoms with Gasteiger partial charge < -0.3 is 14.8 Å². The van der Waals surface area contributed by atoms with Crippen LogP contribution >= 0.6 is 0 Å². The Morgan fingerprint density at radius 1 is 0.893 bits per heavy atom. The molecule has 0 aliphatic carbocycles. The lowest BCUT2D eigenvalue weighted by Crippen LogP contribution is -2.41. The van der Waals surface area contributed by atoms with Crippen molar-refractivity contribution in [3.63, 3.8) is 0 Å². The van der Waals surface area contributed by atoms with Gasteiger partial charge in [0, 0.05) is 24.0 Å². The normalized spacial score (nSPS) is 14.8. The number of nitrogens with zero attached hydrogens (tertiary/aromatic N) is 1. The fourth-order valence-corrected chi connectivity index (χ4v) is 3.23. The zero-order valence-electron chi connectivity index (χ0n) is 16.1. The van der Waals surface area contributed by atoms with Gasteiger partial charge >= 0.3 is 6.09 Å². The van der Waals surface area contributed by atoms with Gasteiger partial charge in [0.05, 0.1) is 5.69 Å². The van der Waals surface area contributed by atoms with E-state index in [9.17, 15) is 4.79 Å². The highest BCUT2D eigenvalue weighted by molar-refractivity contribution is 5.91. The first-order chi connectivity index (χ1) is 13.4. The van der Waals surface area contributed by atoms with E-state index in [0.29, 0.717) is 0 Å². The van der Waals surface area contributed by atoms with E-state index in [1.54, 1.807) is 7.05 Å². The molecule has 1 heterocycles. The van der Waals surface area contributed by atoms with E-state index in [1.807, 2.05) is 86.6 Å². The molecule has 4 rings (SSSR count). The minimum atomic E-state index is -0.677. The Labute approximate surface area is 164 Å². The first-order valence-electron chi connectivity index (χ1n) is 9.14. The van der Waals surface area contributed by atoms with Gasteiger partial charge in [-0.05, 0) is 68.4 Å². The highest BCUT2D eigenvalue weighted by Gasteiger charge is 2.36. The molecule has 142 valence electrons. The monoisotopic (exact) mass is 374 g/mol. The van der Waals surface area contributed by atoms with Crippen molar-refractivity contribution in [2.45, 2.75) is 19.4 Å². The number of cyclic esters (lactones) is 1. The molecule has 0 fully saturated rings. The van der Waals surface area contributed by atoms with Gasteiger partial charge in [-0.15, -0.1) is 0 Å². The van der Waals surface area contributed by atoms with E-state index in [0.717, 1.165) is 34.1 Å². The van der Waals surface area contributed by atoms with E-state index < -0.39 is 5.60 Å². The van der Waals surface area contributed by atoms with E-state index in [-0.39, 0.29) is 6.09 Å². The van der Waals surface area contributed by atoms with E-state index >= 15 is 0 Å². The van der Waals surface area contributed by atoms with Crippen molar-refractivity contribution >= 4 is 23.2 Å². The predicted molar refractivity (Wildman–Crippen MR) is 111 cm³/mol. The lowest BCUT2D eigenvalue weighted by atomic mass is 9.93. The Hall–Kier alpha value is -3.47. The molecule has 1 amide bonds. The van der Waals surface area contributed by atoms with Gasteiger partial charge in [-0.1, -0.05) is 18.2 Å². The lowest BCUT2D eigenvalue weighted by Gasteiger charge is -2.37. The van der Waals surface area contributed by atoms with Gasteiger partial charge in [0.2, 0.25) is 0 Å². The van der Waals surface area contributed by atoms with Gasteiger partial charge in [-0.2, -0.15) is 0 Å². The summed E-state index contributed by atoms with van der Waals surface area (Å²) in [5, 5.41) is 3.39. The summed E-state index contributed by atoms with van der Waals surface area (Å²) in [5.74, 6) is 1.58. The molecular formula is C23H22N2O3. The molecule has 5 nitrogen and oxygen atoms in total. The van der Waals surface area contributed by atoms with Crippen LogP contribution in [0.2, 0.25) is 0 Å². The Morgan fingerprint density at radius 2 is 1.54 bits per heavy atom. The number of rotatable bonds is 4. The van der Waals surface area contributed by atoms with Crippen LogP contribution in [-0.2, 0) is 10.3 Å². The molecule has 0 saturated heterocycles. The fourth-order valence-electron chi connectivity index (χ4n) is 3.23. The summed E-state index contributed by atoms with van der Waals surface area (Å²) in [6.07, 6.45) is -0.341. The van der Waals surface area contributed by atoms with Crippen molar-refractivity contribution in [2.24, 2.45) is 0 Å². The van der Waals surface area contributed by atoms with Crippen molar-refractivity contribution < 1.29 is 14.3 Å². The zero-order valence-corrected chi connectivity index (χ0v) is 16.1. The standard InChI is InChI=1S/C23H22N2O3/c1-23(2)20-15-17(11-14-21(20)25(3)22(26)28-23)24-16-9-12-19(13-10-16)27-18-7-5-4-6-8-18/h4-15,24H,1-3H3. The van der Waals surface area contributed by atoms with Gasteiger partial charge in [-0.25, -0.2) is 4.79 Å². The number of carbonyl (C=O) groups is 1. The molecule has 0 aromatic heterocycles. The van der Waals surface area contributed by atoms with Gasteiger partial charge in [0.25, 0.3) is 0 Å². The molecule has 0 atom stereocenters. The topological polar surface area (TPSA) is 50.8 Å². The molecular weight excluding hydrogens is 352 g/mol. The molecule has 28 heavy (non-hydrogen) atoms. The largest absolute Gasteiger partial charge is 0.457 e. The molecule has 0 bridgehead atoms. The molecule has 0 unspecified atom stereocenters. The molecule has 0 radical (unpaired) electrons. The third-order valence-corrected chi connectivity index (χ3v) is 4.74. The van der Waals surface area contributed by atoms with E-state index in [4.69, 9.17) is 9.47 Å². The molecule has 3 aromatic carbocycles. The van der Waals surface area contributed by atoms with Crippen LogP contribution < -0.4 is 15.0 Å². The van der Waals surface area contributed by atoms with Crippen molar-refractivity contribution in [3.8, 4) is 11.5 Å². The van der Waals surface area contributed by atoms with Crippen LogP contribution in [0.4, 0.5) is 21.9 Å². The minimum absolute atomic E-state index is 0.341. The second-order valence-electron chi connectivity index (χ2n) is 7.23. The number of anilines is 3. The lowest BCUT2D eigenvalue weighted by molar-refractivity contribution is 0.0362. The average Bonchev–Trinajstić information content (AvgIpc) is 2.68. The predicted octanol–water partition coefficient (Wildman–Crippen LogP) is 6.04. The highest BCUT2D eigenvalue weighted by Crippen LogP contribution is 2.40. The summed E-state index contributed by atoms with van der Waals surface area (Å²) in [6.45, 7) is 3.80. The maximum atomic E-state index is 12.0. The summed E-state index contributed by atoms with van der Waals surface area (Å²) < 4.78 is 11.4. The number of nitrogens with one attached hydrogen (secondary N) is 1. The molecule has 1 N–H and O–H groups in total. The Kier molecular flexibility index (Phi) is 4.43. The van der Waals surface area contributed by atoms with Crippen molar-refractivity contribution in [1.82, 2.24) is 0 Å². The minimum Gasteiger partial charge on any atom is -0.457 e. The van der Waals surface area contributed by atoms with Crippen LogP contribution in [-0.4, -0.2) is 13.1 Å².